The lowest BCUT2D eigenvalue weighted by molar-refractivity contribution is 0.0298. The maximum atomic E-state index is 11.5. The first-order valence-corrected chi connectivity index (χ1v) is 5.72. The fourth-order valence-electron chi connectivity index (χ4n) is 0.803. The summed E-state index contributed by atoms with van der Waals surface area (Å²) in [5, 5.41) is 0. The number of amides is 1. The maximum Gasteiger partial charge on any atom is 0.410 e. The van der Waals surface area contributed by atoms with E-state index in [1.807, 2.05) is 20.8 Å². The van der Waals surface area contributed by atoms with Crippen molar-refractivity contribution in [2.75, 3.05) is 13.6 Å². The van der Waals surface area contributed by atoms with Gasteiger partial charge in [-0.15, -0.1) is 0 Å². The zero-order valence-electron chi connectivity index (χ0n) is 9.63. The molecule has 0 N–H and O–H groups in total. The Morgan fingerprint density at radius 3 is 2.36 bits per heavy atom. The van der Waals surface area contributed by atoms with Crippen LogP contribution in [0.5, 0.6) is 0 Å². The van der Waals surface area contributed by atoms with Gasteiger partial charge in [0.2, 0.25) is 0 Å². The Bertz CT molecular complexity index is 187. The average Bonchev–Trinajstić information content (AvgIpc) is 1.96. The van der Waals surface area contributed by atoms with Gasteiger partial charge >= 0.3 is 6.09 Å². The molecule has 84 valence electrons. The summed E-state index contributed by atoms with van der Waals surface area (Å²) < 4.78 is 5.20. The number of ether oxygens (including phenoxy) is 1. The summed E-state index contributed by atoms with van der Waals surface area (Å²) in [6, 6.07) is 0. The van der Waals surface area contributed by atoms with Crippen LogP contribution in [0.15, 0.2) is 0 Å². The summed E-state index contributed by atoms with van der Waals surface area (Å²) in [6.07, 6.45) is 0.668. The van der Waals surface area contributed by atoms with Crippen molar-refractivity contribution in [3.8, 4) is 0 Å². The summed E-state index contributed by atoms with van der Waals surface area (Å²) in [5.41, 5.74) is -0.411. The van der Waals surface area contributed by atoms with E-state index in [9.17, 15) is 4.79 Å². The molecule has 0 fully saturated rings. The highest BCUT2D eigenvalue weighted by Crippen LogP contribution is 2.10. The highest BCUT2D eigenvalue weighted by atomic mass is 79.9. The number of hydrogen-bond donors (Lipinski definition) is 0. The van der Waals surface area contributed by atoms with E-state index in [1.54, 1.807) is 11.9 Å². The molecule has 3 nitrogen and oxygen atoms in total. The monoisotopic (exact) mass is 265 g/mol. The maximum absolute atomic E-state index is 11.5. The van der Waals surface area contributed by atoms with Crippen molar-refractivity contribution >= 4 is 22.0 Å². The topological polar surface area (TPSA) is 29.5 Å². The zero-order chi connectivity index (χ0) is 11.4. The van der Waals surface area contributed by atoms with E-state index in [2.05, 4.69) is 22.9 Å². The molecule has 1 unspecified atom stereocenters. The van der Waals surface area contributed by atoms with Crippen LogP contribution in [0.1, 0.15) is 34.1 Å². The molecule has 0 aliphatic carbocycles. The molecule has 0 heterocycles. The van der Waals surface area contributed by atoms with Gasteiger partial charge in [0.25, 0.3) is 0 Å². The molecular weight excluding hydrogens is 246 g/mol. The van der Waals surface area contributed by atoms with Crippen LogP contribution < -0.4 is 0 Å². The number of halogens is 1. The average molecular weight is 266 g/mol. The van der Waals surface area contributed by atoms with Crippen LogP contribution in [-0.2, 0) is 4.74 Å². The number of rotatable bonds is 3. The molecule has 14 heavy (non-hydrogen) atoms. The number of alkyl halides is 1. The molecule has 0 aromatic rings. The van der Waals surface area contributed by atoms with E-state index in [-0.39, 0.29) is 6.09 Å². The molecule has 1 amide bonds. The summed E-state index contributed by atoms with van der Waals surface area (Å²) in [4.78, 5) is 13.5. The quantitative estimate of drug-likeness (QED) is 0.735. The SMILES string of the molecule is CC(Br)CCN(C)C(=O)OC(C)(C)C. The standard InChI is InChI=1S/C10H20BrNO2/c1-8(11)6-7-12(5)9(13)14-10(2,3)4/h8H,6-7H2,1-5H3. The third-order valence-electron chi connectivity index (χ3n) is 1.57. The summed E-state index contributed by atoms with van der Waals surface area (Å²) in [6.45, 7) is 8.37. The van der Waals surface area contributed by atoms with Gasteiger partial charge in [0, 0.05) is 18.4 Å². The molecule has 0 bridgehead atoms. The Kier molecular flexibility index (Phi) is 5.49. The lowest BCUT2D eigenvalue weighted by Gasteiger charge is -2.24. The van der Waals surface area contributed by atoms with Gasteiger partial charge in [-0.05, 0) is 27.2 Å². The molecule has 0 saturated heterocycles. The van der Waals surface area contributed by atoms with E-state index in [0.717, 1.165) is 6.42 Å². The smallest absolute Gasteiger partial charge is 0.410 e. The highest BCUT2D eigenvalue weighted by molar-refractivity contribution is 9.09. The molecule has 0 aromatic carbocycles. The van der Waals surface area contributed by atoms with E-state index in [0.29, 0.717) is 11.4 Å². The molecule has 0 rings (SSSR count). The molecule has 1 atom stereocenters. The predicted octanol–water partition coefficient (Wildman–Crippen LogP) is 3.03. The van der Waals surface area contributed by atoms with Gasteiger partial charge in [-0.2, -0.15) is 0 Å². The zero-order valence-corrected chi connectivity index (χ0v) is 11.2. The second-order valence-electron chi connectivity index (χ2n) is 4.47. The molecule has 0 aromatic heterocycles. The Labute approximate surface area is 94.9 Å². The van der Waals surface area contributed by atoms with Crippen LogP contribution in [-0.4, -0.2) is 35.0 Å². The highest BCUT2D eigenvalue weighted by Gasteiger charge is 2.19. The normalized spacial score (nSPS) is 13.6. The number of carbonyl (C=O) groups is 1. The minimum Gasteiger partial charge on any atom is -0.444 e. The fourth-order valence-corrected chi connectivity index (χ4v) is 1.01. The lowest BCUT2D eigenvalue weighted by atomic mass is 10.2. The number of hydrogen-bond acceptors (Lipinski definition) is 2. The van der Waals surface area contributed by atoms with Crippen molar-refractivity contribution in [2.24, 2.45) is 0 Å². The fraction of sp³-hybridized carbons (Fsp3) is 0.900. The molecule has 0 radical (unpaired) electrons. The van der Waals surface area contributed by atoms with Crippen LogP contribution in [0.2, 0.25) is 0 Å². The van der Waals surface area contributed by atoms with Crippen molar-refractivity contribution in [2.45, 2.75) is 44.5 Å². The van der Waals surface area contributed by atoms with Crippen molar-refractivity contribution in [3.05, 3.63) is 0 Å². The van der Waals surface area contributed by atoms with Gasteiger partial charge in [-0.3, -0.25) is 0 Å². The first-order chi connectivity index (χ1) is 6.22. The van der Waals surface area contributed by atoms with E-state index < -0.39 is 5.60 Å². The first-order valence-electron chi connectivity index (χ1n) is 4.80. The molecule has 4 heteroatoms. The molecular formula is C10H20BrNO2. The Morgan fingerprint density at radius 2 is 2.00 bits per heavy atom. The van der Waals surface area contributed by atoms with Crippen molar-refractivity contribution in [3.63, 3.8) is 0 Å². The van der Waals surface area contributed by atoms with Gasteiger partial charge in [-0.25, -0.2) is 4.79 Å². The summed E-state index contributed by atoms with van der Waals surface area (Å²) >= 11 is 3.43. The van der Waals surface area contributed by atoms with Crippen LogP contribution in [0.4, 0.5) is 4.79 Å². The van der Waals surface area contributed by atoms with Crippen molar-refractivity contribution in [1.29, 1.82) is 0 Å². The van der Waals surface area contributed by atoms with Gasteiger partial charge in [0.1, 0.15) is 5.60 Å². The molecule has 0 aliphatic rings. The van der Waals surface area contributed by atoms with Gasteiger partial charge in [-0.1, -0.05) is 22.9 Å². The second kappa shape index (κ2) is 5.59. The number of carbonyl (C=O) groups excluding carboxylic acids is 1. The third-order valence-corrected chi connectivity index (χ3v) is 2.03. The minimum atomic E-state index is -0.411. The van der Waals surface area contributed by atoms with Crippen LogP contribution in [0, 0.1) is 0 Å². The van der Waals surface area contributed by atoms with Crippen molar-refractivity contribution in [1.82, 2.24) is 4.90 Å². The van der Waals surface area contributed by atoms with Crippen LogP contribution in [0.25, 0.3) is 0 Å². The molecule has 0 aliphatic heterocycles. The summed E-state index contributed by atoms with van der Waals surface area (Å²) in [5.74, 6) is 0. The van der Waals surface area contributed by atoms with E-state index >= 15 is 0 Å². The Hall–Kier alpha value is -0.250. The lowest BCUT2D eigenvalue weighted by Crippen LogP contribution is -2.35. The van der Waals surface area contributed by atoms with Crippen LogP contribution >= 0.6 is 15.9 Å². The van der Waals surface area contributed by atoms with Gasteiger partial charge in [0.05, 0.1) is 0 Å². The third kappa shape index (κ3) is 7.18. The van der Waals surface area contributed by atoms with Gasteiger partial charge in [0.15, 0.2) is 0 Å². The molecule has 0 spiro atoms. The Balaban J connectivity index is 3.88. The Morgan fingerprint density at radius 1 is 1.50 bits per heavy atom. The minimum absolute atomic E-state index is 0.259. The molecule has 0 saturated carbocycles. The number of nitrogens with zero attached hydrogens (tertiary/aromatic N) is 1. The largest absolute Gasteiger partial charge is 0.444 e. The van der Waals surface area contributed by atoms with Crippen LogP contribution in [0.3, 0.4) is 0 Å². The van der Waals surface area contributed by atoms with Crippen molar-refractivity contribution < 1.29 is 9.53 Å². The van der Waals surface area contributed by atoms with E-state index in [1.165, 1.54) is 0 Å². The first kappa shape index (κ1) is 13.8. The predicted molar refractivity (Wildman–Crippen MR) is 61.9 cm³/mol. The summed E-state index contributed by atoms with van der Waals surface area (Å²) in [7, 11) is 1.75. The van der Waals surface area contributed by atoms with E-state index in [4.69, 9.17) is 4.74 Å². The second-order valence-corrected chi connectivity index (χ2v) is 6.03. The van der Waals surface area contributed by atoms with Gasteiger partial charge < -0.3 is 9.64 Å².